The molecule has 1 saturated carbocycles. The van der Waals surface area contributed by atoms with Crippen molar-refractivity contribution in [1.82, 2.24) is 0 Å². The van der Waals surface area contributed by atoms with E-state index in [-0.39, 0.29) is 0 Å². The highest BCUT2D eigenvalue weighted by molar-refractivity contribution is 14.1. The first-order chi connectivity index (χ1) is 8.45. The van der Waals surface area contributed by atoms with Crippen LogP contribution in [0.25, 0.3) is 0 Å². The molecule has 0 aromatic heterocycles. The molecule has 1 fully saturated rings. The summed E-state index contributed by atoms with van der Waals surface area (Å²) < 4.78 is 2.78. The lowest BCUT2D eigenvalue weighted by molar-refractivity contribution is 0.330. The monoisotopic (exact) mass is 466 g/mol. The van der Waals surface area contributed by atoms with Gasteiger partial charge in [0, 0.05) is 7.16 Å². The molecule has 18 heavy (non-hydrogen) atoms. The third-order valence-electron chi connectivity index (χ3n) is 4.13. The Labute approximate surface area is 138 Å². The van der Waals surface area contributed by atoms with Gasteiger partial charge in [-0.15, -0.1) is 0 Å². The van der Waals surface area contributed by atoms with Gasteiger partial charge in [0.15, 0.2) is 0 Å². The number of halogens is 2. The molecule has 0 radical (unpaired) electrons. The highest BCUT2D eigenvalue weighted by atomic mass is 127. The van der Waals surface area contributed by atoms with Gasteiger partial charge < -0.3 is 0 Å². The molecule has 2 aliphatic carbocycles. The minimum Gasteiger partial charge on any atom is -0.0794 e. The van der Waals surface area contributed by atoms with Crippen LogP contribution in [0.4, 0.5) is 0 Å². The van der Waals surface area contributed by atoms with Gasteiger partial charge in [-0.25, -0.2) is 0 Å². The highest BCUT2D eigenvalue weighted by Gasteiger charge is 2.44. The standard InChI is InChI=1S/C16H20I2/c1-4-5-13(17)9-12-8-11-6-7-14(18)10-15(11)16(12,2)3/h5-7,9-11,15H,4,8H2,1-3H3/b12-9+,13-5+. The Morgan fingerprint density at radius 1 is 1.50 bits per heavy atom. The predicted molar refractivity (Wildman–Crippen MR) is 97.1 cm³/mol. The lowest BCUT2D eigenvalue weighted by Gasteiger charge is -2.30. The average Bonchev–Trinajstić information content (AvgIpc) is 2.52. The van der Waals surface area contributed by atoms with Crippen LogP contribution >= 0.6 is 45.2 Å². The summed E-state index contributed by atoms with van der Waals surface area (Å²) >= 11 is 4.89. The van der Waals surface area contributed by atoms with E-state index in [9.17, 15) is 0 Å². The Kier molecular flexibility index (Phi) is 4.79. The minimum atomic E-state index is 0.295. The van der Waals surface area contributed by atoms with Gasteiger partial charge in [0.05, 0.1) is 0 Å². The summed E-state index contributed by atoms with van der Waals surface area (Å²) in [5.41, 5.74) is 1.91. The number of allylic oxidation sites excluding steroid dienone is 8. The van der Waals surface area contributed by atoms with E-state index < -0.39 is 0 Å². The highest BCUT2D eigenvalue weighted by Crippen LogP contribution is 2.54. The third-order valence-corrected chi connectivity index (χ3v) is 5.60. The van der Waals surface area contributed by atoms with Crippen molar-refractivity contribution in [3.63, 3.8) is 0 Å². The van der Waals surface area contributed by atoms with Crippen LogP contribution in [0.1, 0.15) is 33.6 Å². The molecule has 0 spiro atoms. The molecular weight excluding hydrogens is 446 g/mol. The van der Waals surface area contributed by atoms with Crippen molar-refractivity contribution >= 4 is 45.2 Å². The summed E-state index contributed by atoms with van der Waals surface area (Å²) in [6, 6.07) is 0. The number of hydrogen-bond acceptors (Lipinski definition) is 0. The van der Waals surface area contributed by atoms with E-state index in [1.54, 1.807) is 5.57 Å². The molecule has 0 aromatic rings. The summed E-state index contributed by atoms with van der Waals surface area (Å²) in [5, 5.41) is 0. The van der Waals surface area contributed by atoms with E-state index in [2.05, 4.69) is 96.3 Å². The van der Waals surface area contributed by atoms with Crippen molar-refractivity contribution in [3.8, 4) is 0 Å². The van der Waals surface area contributed by atoms with Crippen LogP contribution < -0.4 is 0 Å². The second-order valence-corrected chi connectivity index (χ2v) is 8.18. The molecule has 0 bridgehead atoms. The SMILES string of the molecule is CC/C=C(I)\C=C1/CC2C=CC(I)=CC2C1(C)C. The first-order valence-electron chi connectivity index (χ1n) is 6.57. The Bertz CT molecular complexity index is 450. The van der Waals surface area contributed by atoms with Crippen molar-refractivity contribution in [1.29, 1.82) is 0 Å². The molecule has 2 aliphatic rings. The fourth-order valence-corrected chi connectivity index (χ4v) is 4.43. The maximum absolute atomic E-state index is 2.46. The second kappa shape index (κ2) is 5.81. The molecule has 0 aromatic carbocycles. The van der Waals surface area contributed by atoms with Crippen LogP contribution in [0.3, 0.4) is 0 Å². The van der Waals surface area contributed by atoms with Gasteiger partial charge >= 0.3 is 0 Å². The van der Waals surface area contributed by atoms with Gasteiger partial charge in [0.25, 0.3) is 0 Å². The van der Waals surface area contributed by atoms with E-state index in [0.717, 1.165) is 6.42 Å². The smallest absolute Gasteiger partial charge is 0.00902 e. The van der Waals surface area contributed by atoms with Crippen molar-refractivity contribution < 1.29 is 0 Å². The normalized spacial score (nSPS) is 32.6. The molecular formula is C16H20I2. The van der Waals surface area contributed by atoms with Crippen LogP contribution in [0.5, 0.6) is 0 Å². The maximum atomic E-state index is 2.46. The quantitative estimate of drug-likeness (QED) is 0.426. The first kappa shape index (κ1) is 14.8. The molecule has 2 atom stereocenters. The maximum Gasteiger partial charge on any atom is 0.00902 e. The van der Waals surface area contributed by atoms with E-state index in [1.807, 2.05) is 0 Å². The van der Waals surface area contributed by atoms with Gasteiger partial charge in [-0.1, -0.05) is 50.6 Å². The summed E-state index contributed by atoms with van der Waals surface area (Å²) in [5.74, 6) is 1.38. The van der Waals surface area contributed by atoms with E-state index in [1.165, 1.54) is 13.6 Å². The van der Waals surface area contributed by atoms with Crippen molar-refractivity contribution in [2.45, 2.75) is 33.6 Å². The van der Waals surface area contributed by atoms with Crippen LogP contribution in [0.15, 0.2) is 43.1 Å². The Morgan fingerprint density at radius 3 is 2.89 bits per heavy atom. The fraction of sp³-hybridized carbons (Fsp3) is 0.500. The largest absolute Gasteiger partial charge is 0.0794 e. The molecule has 2 heteroatoms. The van der Waals surface area contributed by atoms with Crippen molar-refractivity contribution in [2.24, 2.45) is 17.3 Å². The molecule has 0 saturated heterocycles. The van der Waals surface area contributed by atoms with Gasteiger partial charge in [-0.3, -0.25) is 0 Å². The minimum absolute atomic E-state index is 0.295. The number of rotatable bonds is 2. The lowest BCUT2D eigenvalue weighted by Crippen LogP contribution is -2.22. The van der Waals surface area contributed by atoms with Crippen LogP contribution in [-0.4, -0.2) is 0 Å². The second-order valence-electron chi connectivity index (χ2n) is 5.69. The van der Waals surface area contributed by atoms with E-state index in [4.69, 9.17) is 0 Å². The third kappa shape index (κ3) is 2.94. The summed E-state index contributed by atoms with van der Waals surface area (Å²) in [7, 11) is 0. The van der Waals surface area contributed by atoms with Gasteiger partial charge in [0.2, 0.25) is 0 Å². The van der Waals surface area contributed by atoms with Gasteiger partial charge in [0.1, 0.15) is 0 Å². The molecule has 0 aliphatic heterocycles. The Morgan fingerprint density at radius 2 is 2.22 bits per heavy atom. The number of hydrogen-bond donors (Lipinski definition) is 0. The number of fused-ring (bicyclic) bond motifs is 1. The van der Waals surface area contributed by atoms with Crippen LogP contribution in [-0.2, 0) is 0 Å². The topological polar surface area (TPSA) is 0 Å². The van der Waals surface area contributed by atoms with Crippen LogP contribution in [0, 0.1) is 17.3 Å². The lowest BCUT2D eigenvalue weighted by atomic mass is 9.75. The van der Waals surface area contributed by atoms with Crippen LogP contribution in [0.2, 0.25) is 0 Å². The van der Waals surface area contributed by atoms with Gasteiger partial charge in [-0.05, 0) is 81.4 Å². The summed E-state index contributed by atoms with van der Waals surface area (Å²) in [4.78, 5) is 0. The molecule has 0 N–H and O–H groups in total. The zero-order valence-electron chi connectivity index (χ0n) is 11.2. The molecule has 2 rings (SSSR count). The van der Waals surface area contributed by atoms with Crippen molar-refractivity contribution in [3.05, 3.63) is 43.1 Å². The molecule has 0 heterocycles. The zero-order chi connectivity index (χ0) is 13.3. The first-order valence-corrected chi connectivity index (χ1v) is 8.73. The Hall–Kier alpha value is 0.420. The average molecular weight is 466 g/mol. The molecule has 0 nitrogen and oxygen atoms in total. The summed E-state index contributed by atoms with van der Waals surface area (Å²) in [6.07, 6.45) is 14.2. The van der Waals surface area contributed by atoms with Gasteiger partial charge in [-0.2, -0.15) is 0 Å². The Balaban J connectivity index is 2.32. The zero-order valence-corrected chi connectivity index (χ0v) is 15.5. The van der Waals surface area contributed by atoms with E-state index >= 15 is 0 Å². The predicted octanol–water partition coefficient (Wildman–Crippen LogP) is 6.19. The van der Waals surface area contributed by atoms with Crippen molar-refractivity contribution in [2.75, 3.05) is 0 Å². The summed E-state index contributed by atoms with van der Waals surface area (Å²) in [6.45, 7) is 7.00. The fourth-order valence-electron chi connectivity index (χ4n) is 3.02. The molecule has 2 unspecified atom stereocenters. The van der Waals surface area contributed by atoms with E-state index in [0.29, 0.717) is 17.3 Å². The molecule has 0 amide bonds. The molecule has 98 valence electrons.